The van der Waals surface area contributed by atoms with Gasteiger partial charge in [-0.25, -0.2) is 8.78 Å². The summed E-state index contributed by atoms with van der Waals surface area (Å²) in [6.45, 7) is 11.5. The number of aromatic nitrogens is 1. The molecule has 1 aromatic carbocycles. The van der Waals surface area contributed by atoms with Crippen LogP contribution in [0.4, 0.5) is 8.78 Å². The topological polar surface area (TPSA) is 88.5 Å². The van der Waals surface area contributed by atoms with Gasteiger partial charge in [-0.05, 0) is 36.6 Å². The van der Waals surface area contributed by atoms with Crippen molar-refractivity contribution in [1.29, 1.82) is 0 Å². The highest BCUT2D eigenvalue weighted by atomic mass is 32.1. The number of hydrogen-bond acceptors (Lipinski definition) is 5. The normalized spacial score (nSPS) is 12.2. The molecule has 3 aromatic rings. The monoisotopic (exact) mass is 532 g/mol. The predicted molar refractivity (Wildman–Crippen MR) is 142 cm³/mol. The number of nitrogens with one attached hydrogen (secondary N) is 1. The molecule has 6 nitrogen and oxygen atoms in total. The number of thiophene rings is 1. The van der Waals surface area contributed by atoms with Crippen molar-refractivity contribution in [2.75, 3.05) is 6.54 Å². The lowest BCUT2D eigenvalue weighted by molar-refractivity contribution is -0.136. The SMILES string of the molecule is CC(C)(C)C.CC(Oc1ccc(-c2ccc(C(C)(F)F)cc2)nc1)c1ccc(C(=O)NCCC(=O)O)s1. The average Bonchev–Trinajstić information content (AvgIpc) is 3.28. The Morgan fingerprint density at radius 2 is 1.65 bits per heavy atom. The van der Waals surface area contributed by atoms with Crippen LogP contribution < -0.4 is 10.1 Å². The Morgan fingerprint density at radius 3 is 2.16 bits per heavy atom. The number of carboxylic acid groups (broad SMARTS) is 1. The lowest BCUT2D eigenvalue weighted by Crippen LogP contribution is -2.25. The average molecular weight is 533 g/mol. The highest BCUT2D eigenvalue weighted by Gasteiger charge is 2.23. The van der Waals surface area contributed by atoms with Crippen molar-refractivity contribution in [3.63, 3.8) is 0 Å². The maximum Gasteiger partial charge on any atom is 0.305 e. The van der Waals surface area contributed by atoms with Crippen molar-refractivity contribution in [2.24, 2.45) is 5.41 Å². The number of rotatable bonds is 9. The fraction of sp³-hybridized carbons (Fsp3) is 0.393. The van der Waals surface area contributed by atoms with Gasteiger partial charge in [0.15, 0.2) is 0 Å². The molecule has 1 unspecified atom stereocenters. The van der Waals surface area contributed by atoms with E-state index in [1.165, 1.54) is 23.5 Å². The largest absolute Gasteiger partial charge is 0.484 e. The number of aliphatic carboxylic acids is 1. The Hall–Kier alpha value is -3.33. The smallest absolute Gasteiger partial charge is 0.305 e. The molecule has 0 saturated carbocycles. The molecular weight excluding hydrogens is 498 g/mol. The minimum absolute atomic E-state index is 0.0547. The van der Waals surface area contributed by atoms with Crippen LogP contribution in [0.15, 0.2) is 54.7 Å². The molecule has 1 atom stereocenters. The van der Waals surface area contributed by atoms with Gasteiger partial charge in [-0.15, -0.1) is 11.3 Å². The molecule has 0 aliphatic carbocycles. The standard InChI is InChI=1S/C23H22F2N2O4S.C5H12/c1-14(19-9-10-20(32-19)22(30)26-12-11-21(28)29)31-17-7-8-18(27-13-17)15-3-5-16(6-4-15)23(2,24)25;1-5(2,3)4/h3-10,13-14H,11-12H2,1-2H3,(H,26,30)(H,28,29);1-4H3. The first-order chi connectivity index (χ1) is 17.1. The molecule has 0 bridgehead atoms. The molecule has 200 valence electrons. The molecule has 0 radical (unpaired) electrons. The molecular formula is C28H34F2N2O4S. The van der Waals surface area contributed by atoms with E-state index in [-0.39, 0.29) is 30.5 Å². The number of nitrogens with zero attached hydrogens (tertiary/aromatic N) is 1. The van der Waals surface area contributed by atoms with Gasteiger partial charge < -0.3 is 15.2 Å². The second-order valence-corrected chi connectivity index (χ2v) is 11.3. The second kappa shape index (κ2) is 12.8. The molecule has 2 aromatic heterocycles. The van der Waals surface area contributed by atoms with E-state index in [1.807, 2.05) is 6.92 Å². The zero-order valence-electron chi connectivity index (χ0n) is 22.0. The van der Waals surface area contributed by atoms with Crippen LogP contribution in [0.5, 0.6) is 5.75 Å². The maximum atomic E-state index is 13.4. The Balaban J connectivity index is 0.000000877. The lowest BCUT2D eigenvalue weighted by atomic mass is 10.0. The van der Waals surface area contributed by atoms with Gasteiger partial charge in [0.1, 0.15) is 11.9 Å². The van der Waals surface area contributed by atoms with Crippen LogP contribution in [0.3, 0.4) is 0 Å². The van der Waals surface area contributed by atoms with Crippen LogP contribution in [0.25, 0.3) is 11.3 Å². The zero-order chi connectivity index (χ0) is 27.8. The van der Waals surface area contributed by atoms with Gasteiger partial charge >= 0.3 is 5.97 Å². The van der Waals surface area contributed by atoms with Gasteiger partial charge in [0, 0.05) is 29.5 Å². The van der Waals surface area contributed by atoms with Gasteiger partial charge in [0.2, 0.25) is 0 Å². The van der Waals surface area contributed by atoms with Crippen LogP contribution in [0.2, 0.25) is 0 Å². The number of alkyl halides is 2. The quantitative estimate of drug-likeness (QED) is 0.301. The molecule has 0 spiro atoms. The third-order valence-corrected chi connectivity index (χ3v) is 5.86. The van der Waals surface area contributed by atoms with Crippen LogP contribution in [-0.2, 0) is 10.7 Å². The van der Waals surface area contributed by atoms with E-state index < -0.39 is 11.9 Å². The number of halogens is 2. The summed E-state index contributed by atoms with van der Waals surface area (Å²) in [5.74, 6) is -3.66. The predicted octanol–water partition coefficient (Wildman–Crippen LogP) is 7.32. The van der Waals surface area contributed by atoms with Crippen LogP contribution in [0.1, 0.15) is 74.2 Å². The van der Waals surface area contributed by atoms with E-state index in [4.69, 9.17) is 9.84 Å². The molecule has 37 heavy (non-hydrogen) atoms. The van der Waals surface area contributed by atoms with Crippen LogP contribution in [0, 0.1) is 5.41 Å². The number of benzene rings is 1. The number of ether oxygens (including phenoxy) is 1. The lowest BCUT2D eigenvalue weighted by Gasteiger charge is -2.13. The van der Waals surface area contributed by atoms with Crippen molar-refractivity contribution in [3.05, 3.63) is 70.0 Å². The van der Waals surface area contributed by atoms with Gasteiger partial charge in [0.25, 0.3) is 11.8 Å². The van der Waals surface area contributed by atoms with E-state index in [0.717, 1.165) is 17.4 Å². The van der Waals surface area contributed by atoms with Crippen molar-refractivity contribution in [1.82, 2.24) is 10.3 Å². The van der Waals surface area contributed by atoms with E-state index in [1.54, 1.807) is 42.6 Å². The molecule has 0 aliphatic rings. The van der Waals surface area contributed by atoms with Gasteiger partial charge in [-0.1, -0.05) is 52.0 Å². The first-order valence-electron chi connectivity index (χ1n) is 11.8. The number of carbonyl (C=O) groups is 2. The molecule has 2 heterocycles. The van der Waals surface area contributed by atoms with Gasteiger partial charge in [0.05, 0.1) is 23.2 Å². The first-order valence-corrected chi connectivity index (χ1v) is 12.7. The summed E-state index contributed by atoms with van der Waals surface area (Å²) >= 11 is 1.26. The van der Waals surface area contributed by atoms with Crippen molar-refractivity contribution in [3.8, 4) is 17.0 Å². The Labute approximate surface area is 220 Å². The van der Waals surface area contributed by atoms with E-state index in [2.05, 4.69) is 38.0 Å². The Morgan fingerprint density at radius 1 is 1.03 bits per heavy atom. The van der Waals surface area contributed by atoms with Crippen molar-refractivity contribution < 1.29 is 28.2 Å². The van der Waals surface area contributed by atoms with Gasteiger partial charge in [-0.3, -0.25) is 14.6 Å². The number of hydrogen-bond donors (Lipinski definition) is 2. The number of pyridine rings is 1. The fourth-order valence-corrected chi connectivity index (χ4v) is 3.79. The molecule has 1 amide bonds. The van der Waals surface area contributed by atoms with Crippen LogP contribution >= 0.6 is 11.3 Å². The highest BCUT2D eigenvalue weighted by Crippen LogP contribution is 2.30. The maximum absolute atomic E-state index is 13.4. The fourth-order valence-electron chi connectivity index (χ4n) is 2.88. The number of carboxylic acids is 1. The molecule has 3 rings (SSSR count). The third-order valence-electron chi connectivity index (χ3n) is 4.61. The highest BCUT2D eigenvalue weighted by molar-refractivity contribution is 7.14. The van der Waals surface area contributed by atoms with Crippen LogP contribution in [-0.4, -0.2) is 28.5 Å². The summed E-state index contributed by atoms with van der Waals surface area (Å²) in [4.78, 5) is 28.3. The minimum atomic E-state index is -2.89. The summed E-state index contributed by atoms with van der Waals surface area (Å²) in [5.41, 5.74) is 1.79. The van der Waals surface area contributed by atoms with Crippen molar-refractivity contribution >= 4 is 23.2 Å². The third kappa shape index (κ3) is 10.7. The van der Waals surface area contributed by atoms with E-state index >= 15 is 0 Å². The zero-order valence-corrected chi connectivity index (χ0v) is 22.8. The minimum Gasteiger partial charge on any atom is -0.484 e. The number of amides is 1. The Bertz CT molecular complexity index is 1160. The summed E-state index contributed by atoms with van der Waals surface area (Å²) in [5, 5.41) is 11.2. The molecule has 2 N–H and O–H groups in total. The van der Waals surface area contributed by atoms with Gasteiger partial charge in [-0.2, -0.15) is 0 Å². The Kier molecular flexibility index (Phi) is 10.3. The molecule has 0 aliphatic heterocycles. The summed E-state index contributed by atoms with van der Waals surface area (Å²) in [6.07, 6.45) is 1.09. The molecule has 0 fully saturated rings. The van der Waals surface area contributed by atoms with E-state index in [0.29, 0.717) is 21.7 Å². The summed E-state index contributed by atoms with van der Waals surface area (Å²) < 4.78 is 32.6. The summed E-state index contributed by atoms with van der Waals surface area (Å²) in [7, 11) is 0. The second-order valence-electron chi connectivity index (χ2n) is 10.2. The molecule has 0 saturated heterocycles. The number of carbonyl (C=O) groups excluding carboxylic acids is 1. The van der Waals surface area contributed by atoms with E-state index in [9.17, 15) is 18.4 Å². The first kappa shape index (κ1) is 29.9. The van der Waals surface area contributed by atoms with Crippen molar-refractivity contribution in [2.45, 2.75) is 60.0 Å². The molecule has 9 heteroatoms. The summed E-state index contributed by atoms with van der Waals surface area (Å²) in [6, 6.07) is 12.9.